The van der Waals surface area contributed by atoms with E-state index in [2.05, 4.69) is 10.4 Å². The Balaban J connectivity index is 1.97. The van der Waals surface area contributed by atoms with Crippen molar-refractivity contribution in [3.63, 3.8) is 0 Å². The molecule has 1 aromatic heterocycles. The van der Waals surface area contributed by atoms with E-state index >= 15 is 0 Å². The number of hydrogen-bond donors (Lipinski definition) is 0. The van der Waals surface area contributed by atoms with Gasteiger partial charge in [0.25, 0.3) is 0 Å². The Bertz CT molecular complexity index is 766. The van der Waals surface area contributed by atoms with Gasteiger partial charge in [0.05, 0.1) is 28.9 Å². The molecular formula is C12H11Cl2N5O3. The Morgan fingerprint density at radius 1 is 1.18 bits per heavy atom. The molecule has 116 valence electrons. The standard InChI is InChI=1S/C12H11Cl2N5O3/c13-8-2-1-3-9(10(8)14)18-12(21)19(16-15-18)11(20)17-4-6-22-7-5-17/h1-3H,4-7H2. The number of hydrogen-bond acceptors (Lipinski definition) is 5. The number of morpholine rings is 1. The Morgan fingerprint density at radius 2 is 1.91 bits per heavy atom. The molecule has 0 radical (unpaired) electrons. The molecule has 1 aliphatic rings. The van der Waals surface area contributed by atoms with Crippen LogP contribution in [0.5, 0.6) is 0 Å². The number of rotatable bonds is 1. The van der Waals surface area contributed by atoms with Crippen LogP contribution in [-0.4, -0.2) is 57.0 Å². The van der Waals surface area contributed by atoms with E-state index in [1.165, 1.54) is 4.90 Å². The van der Waals surface area contributed by atoms with Gasteiger partial charge in [0.15, 0.2) is 0 Å². The highest BCUT2D eigenvalue weighted by Crippen LogP contribution is 2.26. The van der Waals surface area contributed by atoms with Crippen LogP contribution in [0.2, 0.25) is 10.0 Å². The van der Waals surface area contributed by atoms with E-state index in [0.717, 1.165) is 4.68 Å². The normalized spacial score (nSPS) is 15.1. The minimum atomic E-state index is -0.708. The van der Waals surface area contributed by atoms with Crippen LogP contribution in [0.1, 0.15) is 0 Å². The summed E-state index contributed by atoms with van der Waals surface area (Å²) in [6.07, 6.45) is 0. The number of aromatic nitrogens is 4. The van der Waals surface area contributed by atoms with E-state index < -0.39 is 11.7 Å². The minimum Gasteiger partial charge on any atom is -0.378 e. The van der Waals surface area contributed by atoms with Gasteiger partial charge >= 0.3 is 11.7 Å². The Morgan fingerprint density at radius 3 is 2.64 bits per heavy atom. The second kappa shape index (κ2) is 6.07. The summed E-state index contributed by atoms with van der Waals surface area (Å²) in [5, 5.41) is 7.76. The summed E-state index contributed by atoms with van der Waals surface area (Å²) in [6, 6.07) is 4.23. The molecule has 2 aromatic rings. The number of benzene rings is 1. The highest BCUT2D eigenvalue weighted by atomic mass is 35.5. The van der Waals surface area contributed by atoms with E-state index in [1.54, 1.807) is 18.2 Å². The lowest BCUT2D eigenvalue weighted by atomic mass is 10.3. The maximum Gasteiger partial charge on any atom is 0.377 e. The van der Waals surface area contributed by atoms with Gasteiger partial charge in [-0.05, 0) is 22.6 Å². The van der Waals surface area contributed by atoms with Crippen LogP contribution in [0.15, 0.2) is 23.0 Å². The summed E-state index contributed by atoms with van der Waals surface area (Å²) in [7, 11) is 0. The summed E-state index contributed by atoms with van der Waals surface area (Å²) in [6.45, 7) is 1.65. The van der Waals surface area contributed by atoms with Crippen LogP contribution in [0.3, 0.4) is 0 Å². The molecule has 0 saturated carbocycles. The summed E-state index contributed by atoms with van der Waals surface area (Å²) >= 11 is 12.0. The third kappa shape index (κ3) is 2.60. The Hall–Kier alpha value is -1.90. The molecule has 0 atom stereocenters. The fourth-order valence-electron chi connectivity index (χ4n) is 2.06. The van der Waals surface area contributed by atoms with Crippen molar-refractivity contribution >= 4 is 29.2 Å². The van der Waals surface area contributed by atoms with Gasteiger partial charge in [0.2, 0.25) is 0 Å². The number of halogens is 2. The topological polar surface area (TPSA) is 82.2 Å². The maximum absolute atomic E-state index is 12.3. The second-order valence-electron chi connectivity index (χ2n) is 4.54. The molecule has 10 heteroatoms. The van der Waals surface area contributed by atoms with Gasteiger partial charge in [0, 0.05) is 13.1 Å². The van der Waals surface area contributed by atoms with E-state index in [9.17, 15) is 9.59 Å². The highest BCUT2D eigenvalue weighted by molar-refractivity contribution is 6.43. The van der Waals surface area contributed by atoms with Crippen LogP contribution in [-0.2, 0) is 4.74 Å². The Kier molecular flexibility index (Phi) is 4.14. The molecule has 1 aromatic carbocycles. The first-order valence-electron chi connectivity index (χ1n) is 6.46. The number of nitrogens with zero attached hydrogens (tertiary/aromatic N) is 5. The minimum absolute atomic E-state index is 0.164. The largest absolute Gasteiger partial charge is 0.378 e. The average Bonchev–Trinajstić information content (AvgIpc) is 2.92. The monoisotopic (exact) mass is 343 g/mol. The van der Waals surface area contributed by atoms with Gasteiger partial charge < -0.3 is 9.64 Å². The molecule has 0 unspecified atom stereocenters. The number of carbonyl (C=O) groups is 1. The molecule has 3 rings (SSSR count). The predicted molar refractivity (Wildman–Crippen MR) is 78.8 cm³/mol. The first-order chi connectivity index (χ1) is 10.6. The van der Waals surface area contributed by atoms with Crippen LogP contribution in [0.4, 0.5) is 4.79 Å². The molecule has 22 heavy (non-hydrogen) atoms. The van der Waals surface area contributed by atoms with E-state index in [4.69, 9.17) is 27.9 Å². The van der Waals surface area contributed by atoms with Crippen LogP contribution >= 0.6 is 23.2 Å². The van der Waals surface area contributed by atoms with Crippen molar-refractivity contribution in [2.24, 2.45) is 0 Å². The summed E-state index contributed by atoms with van der Waals surface area (Å²) in [4.78, 5) is 26.1. The van der Waals surface area contributed by atoms with E-state index in [0.29, 0.717) is 31.0 Å². The van der Waals surface area contributed by atoms with Crippen LogP contribution in [0, 0.1) is 0 Å². The SMILES string of the molecule is O=C(N1CCOCC1)n1nnn(-c2cccc(Cl)c2Cl)c1=O. The maximum atomic E-state index is 12.3. The quantitative estimate of drug-likeness (QED) is 0.722. The molecule has 0 spiro atoms. The van der Waals surface area contributed by atoms with Gasteiger partial charge in [-0.2, -0.15) is 4.68 Å². The van der Waals surface area contributed by atoms with Crippen molar-refractivity contribution in [1.29, 1.82) is 0 Å². The van der Waals surface area contributed by atoms with Crippen molar-refractivity contribution in [3.05, 3.63) is 38.7 Å². The molecule has 0 aliphatic carbocycles. The zero-order valence-corrected chi connectivity index (χ0v) is 12.8. The molecule has 0 bridgehead atoms. The predicted octanol–water partition coefficient (Wildman–Crippen LogP) is 1.04. The van der Waals surface area contributed by atoms with Crippen molar-refractivity contribution in [2.45, 2.75) is 0 Å². The van der Waals surface area contributed by atoms with Crippen LogP contribution < -0.4 is 5.69 Å². The zero-order valence-electron chi connectivity index (χ0n) is 11.3. The van der Waals surface area contributed by atoms with Gasteiger partial charge in [-0.25, -0.2) is 9.59 Å². The number of ether oxygens (including phenoxy) is 1. The molecule has 1 saturated heterocycles. The molecular weight excluding hydrogens is 333 g/mol. The van der Waals surface area contributed by atoms with Crippen LogP contribution in [0.25, 0.3) is 5.69 Å². The fraction of sp³-hybridized carbons (Fsp3) is 0.333. The first kappa shape index (κ1) is 15.0. The third-order valence-corrected chi connectivity index (χ3v) is 4.01. The van der Waals surface area contributed by atoms with Gasteiger partial charge in [0.1, 0.15) is 0 Å². The summed E-state index contributed by atoms with van der Waals surface area (Å²) < 4.78 is 6.80. The van der Waals surface area contributed by atoms with E-state index in [1.807, 2.05) is 0 Å². The smallest absolute Gasteiger partial charge is 0.377 e. The first-order valence-corrected chi connectivity index (χ1v) is 7.21. The highest BCUT2D eigenvalue weighted by Gasteiger charge is 2.24. The van der Waals surface area contributed by atoms with Crippen molar-refractivity contribution in [2.75, 3.05) is 26.3 Å². The van der Waals surface area contributed by atoms with Gasteiger partial charge in [-0.1, -0.05) is 29.3 Å². The second-order valence-corrected chi connectivity index (χ2v) is 5.33. The van der Waals surface area contributed by atoms with Gasteiger partial charge in [-0.15, -0.1) is 4.68 Å². The van der Waals surface area contributed by atoms with Crippen molar-refractivity contribution in [1.82, 2.24) is 24.7 Å². The number of carbonyl (C=O) groups excluding carboxylic acids is 1. The third-order valence-electron chi connectivity index (χ3n) is 3.20. The number of tetrazole rings is 1. The van der Waals surface area contributed by atoms with E-state index in [-0.39, 0.29) is 15.7 Å². The molecule has 0 N–H and O–H groups in total. The van der Waals surface area contributed by atoms with Gasteiger partial charge in [-0.3, -0.25) is 0 Å². The zero-order chi connectivity index (χ0) is 15.7. The summed E-state index contributed by atoms with van der Waals surface area (Å²) in [5.74, 6) is 0. The van der Waals surface area contributed by atoms with Crippen molar-refractivity contribution < 1.29 is 9.53 Å². The molecule has 2 heterocycles. The fourth-order valence-corrected chi connectivity index (χ4v) is 2.44. The summed E-state index contributed by atoms with van der Waals surface area (Å²) in [5.41, 5.74) is -0.444. The number of amides is 1. The Labute approximate surface area is 134 Å². The molecule has 8 nitrogen and oxygen atoms in total. The molecule has 1 aliphatic heterocycles. The molecule has 1 amide bonds. The lowest BCUT2D eigenvalue weighted by molar-refractivity contribution is 0.0525. The lowest BCUT2D eigenvalue weighted by Crippen LogP contribution is -2.46. The lowest BCUT2D eigenvalue weighted by Gasteiger charge is -2.25. The van der Waals surface area contributed by atoms with Crippen molar-refractivity contribution in [3.8, 4) is 5.69 Å². The molecule has 1 fully saturated rings. The average molecular weight is 344 g/mol.